The van der Waals surface area contributed by atoms with Gasteiger partial charge in [0.1, 0.15) is 23.2 Å². The van der Waals surface area contributed by atoms with Crippen LogP contribution < -0.4 is 10.5 Å². The molecule has 0 aliphatic carbocycles. The first kappa shape index (κ1) is 21.3. The quantitative estimate of drug-likeness (QED) is 0.297. The summed E-state index contributed by atoms with van der Waals surface area (Å²) in [7, 11) is 0. The summed E-state index contributed by atoms with van der Waals surface area (Å²) in [6.45, 7) is 1.77. The molecule has 1 aliphatic heterocycles. The van der Waals surface area contributed by atoms with Crippen molar-refractivity contribution in [3.8, 4) is 34.5 Å². The van der Waals surface area contributed by atoms with Crippen LogP contribution in [-0.2, 0) is 0 Å². The molecule has 0 fully saturated rings. The highest BCUT2D eigenvalue weighted by Gasteiger charge is 2.37. The summed E-state index contributed by atoms with van der Waals surface area (Å²) in [5.41, 5.74) is 9.65. The topological polar surface area (TPSA) is 144 Å². The number of non-ortho nitro benzene ring substituents is 1. The largest absolute Gasteiger partial charge is 0.460 e. The number of nitro benzene ring substituents is 1. The van der Waals surface area contributed by atoms with Crippen LogP contribution in [0.1, 0.15) is 22.8 Å². The van der Waals surface area contributed by atoms with Gasteiger partial charge >= 0.3 is 0 Å². The number of fused-ring (bicyclic) bond motifs is 1. The summed E-state index contributed by atoms with van der Waals surface area (Å²) in [5.74, 6) is 0.469. The van der Waals surface area contributed by atoms with Crippen LogP contribution in [0.25, 0.3) is 22.6 Å². The standard InChI is InChI=1S/C24H16ClN5O4/c1-12-10-15(30(31)32)6-7-16(12)18-8-9-19(33-18)20-17(11-26)23(27)34-24-21(20)22(28-29-24)13-2-4-14(25)5-3-13/h2-10,20H,27H2,1H3,(H,28,29). The molecule has 5 rings (SSSR count). The number of aryl methyl sites for hydroxylation is 1. The lowest BCUT2D eigenvalue weighted by Gasteiger charge is -2.22. The fourth-order valence-electron chi connectivity index (χ4n) is 4.06. The minimum Gasteiger partial charge on any atom is -0.460 e. The number of aromatic amines is 1. The van der Waals surface area contributed by atoms with E-state index in [1.165, 1.54) is 12.1 Å². The number of hydrogen-bond acceptors (Lipinski definition) is 7. The molecule has 2 aromatic heterocycles. The number of nitriles is 1. The second-order valence-electron chi connectivity index (χ2n) is 7.71. The number of nitrogens with one attached hydrogen (secondary N) is 1. The molecule has 4 aromatic rings. The number of nitrogens with zero attached hydrogens (tertiary/aromatic N) is 3. The molecule has 3 N–H and O–H groups in total. The third-order valence-corrected chi connectivity index (χ3v) is 5.92. The van der Waals surface area contributed by atoms with Crippen molar-refractivity contribution in [2.75, 3.05) is 0 Å². The number of H-pyrrole nitrogens is 1. The van der Waals surface area contributed by atoms with Gasteiger partial charge in [-0.2, -0.15) is 5.26 Å². The second kappa shape index (κ2) is 8.10. The van der Waals surface area contributed by atoms with E-state index in [9.17, 15) is 15.4 Å². The SMILES string of the molecule is Cc1cc([N+](=O)[O-])ccc1-c1ccc(C2C(C#N)=C(N)Oc3n[nH]c(-c4ccc(Cl)cc4)c32)o1. The monoisotopic (exact) mass is 473 g/mol. The summed E-state index contributed by atoms with van der Waals surface area (Å²) in [6.07, 6.45) is 0. The van der Waals surface area contributed by atoms with Crippen molar-refractivity contribution in [2.45, 2.75) is 12.8 Å². The molecule has 3 heterocycles. The highest BCUT2D eigenvalue weighted by atomic mass is 35.5. The minimum atomic E-state index is -0.676. The predicted molar refractivity (Wildman–Crippen MR) is 124 cm³/mol. The first-order chi connectivity index (χ1) is 16.4. The highest BCUT2D eigenvalue weighted by molar-refractivity contribution is 6.30. The molecule has 0 saturated carbocycles. The summed E-state index contributed by atoms with van der Waals surface area (Å²) >= 11 is 6.04. The van der Waals surface area contributed by atoms with Crippen molar-refractivity contribution in [1.82, 2.24) is 10.2 Å². The maximum absolute atomic E-state index is 11.1. The van der Waals surface area contributed by atoms with E-state index >= 15 is 0 Å². The summed E-state index contributed by atoms with van der Waals surface area (Å²) < 4.78 is 11.8. The van der Waals surface area contributed by atoms with Crippen molar-refractivity contribution in [1.29, 1.82) is 5.26 Å². The number of benzene rings is 2. The Morgan fingerprint density at radius 2 is 1.97 bits per heavy atom. The Morgan fingerprint density at radius 3 is 2.65 bits per heavy atom. The van der Waals surface area contributed by atoms with Crippen LogP contribution in [0.4, 0.5) is 5.69 Å². The average molecular weight is 474 g/mol. The number of rotatable bonds is 4. The molecule has 1 unspecified atom stereocenters. The summed E-state index contributed by atoms with van der Waals surface area (Å²) in [5, 5.41) is 28.8. The molecule has 9 nitrogen and oxygen atoms in total. The molecular weight excluding hydrogens is 458 g/mol. The zero-order valence-electron chi connectivity index (χ0n) is 17.7. The van der Waals surface area contributed by atoms with Crippen LogP contribution in [0.15, 0.2) is 70.5 Å². The van der Waals surface area contributed by atoms with Gasteiger partial charge in [-0.1, -0.05) is 23.7 Å². The third kappa shape index (κ3) is 3.46. The zero-order chi connectivity index (χ0) is 24.0. The van der Waals surface area contributed by atoms with Gasteiger partial charge in [-0.15, -0.1) is 5.10 Å². The normalized spacial score (nSPS) is 14.9. The molecule has 0 bridgehead atoms. The molecular formula is C24H16ClN5O4. The lowest BCUT2D eigenvalue weighted by atomic mass is 9.86. The predicted octanol–water partition coefficient (Wildman–Crippen LogP) is 5.42. The van der Waals surface area contributed by atoms with Crippen molar-refractivity contribution < 1.29 is 14.1 Å². The number of nitrogens with two attached hydrogens (primary N) is 1. The van der Waals surface area contributed by atoms with Crippen LogP contribution >= 0.6 is 11.6 Å². The molecule has 168 valence electrons. The fourth-order valence-corrected chi connectivity index (χ4v) is 4.18. The van der Waals surface area contributed by atoms with Gasteiger partial charge in [0.25, 0.3) is 5.69 Å². The summed E-state index contributed by atoms with van der Waals surface area (Å²) in [4.78, 5) is 10.6. The highest BCUT2D eigenvalue weighted by Crippen LogP contribution is 2.46. The molecule has 1 aliphatic rings. The Hall–Kier alpha value is -4.55. The average Bonchev–Trinajstić information content (AvgIpc) is 3.46. The van der Waals surface area contributed by atoms with Crippen LogP contribution in [0.5, 0.6) is 5.88 Å². The Morgan fingerprint density at radius 1 is 1.21 bits per heavy atom. The van der Waals surface area contributed by atoms with Crippen molar-refractivity contribution in [3.05, 3.63) is 98.1 Å². The molecule has 2 aromatic carbocycles. The maximum atomic E-state index is 11.1. The Bertz CT molecular complexity index is 1510. The van der Waals surface area contributed by atoms with E-state index in [1.54, 1.807) is 37.3 Å². The Labute approximate surface area is 198 Å². The molecule has 0 amide bonds. The van der Waals surface area contributed by atoms with Gasteiger partial charge in [0.15, 0.2) is 0 Å². The number of allylic oxidation sites excluding steroid dienone is 1. The van der Waals surface area contributed by atoms with Crippen LogP contribution in [-0.4, -0.2) is 15.1 Å². The van der Waals surface area contributed by atoms with Crippen molar-refractivity contribution in [2.24, 2.45) is 5.73 Å². The molecule has 1 atom stereocenters. The van der Waals surface area contributed by atoms with Gasteiger partial charge in [-0.3, -0.25) is 15.2 Å². The maximum Gasteiger partial charge on any atom is 0.269 e. The lowest BCUT2D eigenvalue weighted by molar-refractivity contribution is -0.384. The molecule has 34 heavy (non-hydrogen) atoms. The van der Waals surface area contributed by atoms with Crippen molar-refractivity contribution in [3.63, 3.8) is 0 Å². The third-order valence-electron chi connectivity index (χ3n) is 5.67. The molecule has 10 heteroatoms. The van der Waals surface area contributed by atoms with Crippen molar-refractivity contribution >= 4 is 17.3 Å². The van der Waals surface area contributed by atoms with Crippen LogP contribution in [0.3, 0.4) is 0 Å². The fraction of sp³-hybridized carbons (Fsp3) is 0.0833. The van der Waals surface area contributed by atoms with Gasteiger partial charge in [0, 0.05) is 28.3 Å². The van der Waals surface area contributed by atoms with E-state index in [0.29, 0.717) is 38.9 Å². The number of hydrogen-bond donors (Lipinski definition) is 2. The number of ether oxygens (including phenoxy) is 1. The number of halogens is 1. The van der Waals surface area contributed by atoms with Gasteiger partial charge in [0.05, 0.1) is 22.1 Å². The molecule has 0 radical (unpaired) electrons. The lowest BCUT2D eigenvalue weighted by Crippen LogP contribution is -2.20. The van der Waals surface area contributed by atoms with E-state index < -0.39 is 10.8 Å². The van der Waals surface area contributed by atoms with E-state index in [-0.39, 0.29) is 23.0 Å². The Balaban J connectivity index is 1.63. The number of nitro groups is 1. The van der Waals surface area contributed by atoms with Gasteiger partial charge in [-0.05, 0) is 42.8 Å². The van der Waals surface area contributed by atoms with Gasteiger partial charge < -0.3 is 14.9 Å². The first-order valence-corrected chi connectivity index (χ1v) is 10.5. The smallest absolute Gasteiger partial charge is 0.269 e. The summed E-state index contributed by atoms with van der Waals surface area (Å²) in [6, 6.07) is 17.3. The van der Waals surface area contributed by atoms with E-state index in [1.807, 2.05) is 12.1 Å². The van der Waals surface area contributed by atoms with E-state index in [2.05, 4.69) is 16.3 Å². The minimum absolute atomic E-state index is 0.00409. The van der Waals surface area contributed by atoms with Crippen LogP contribution in [0, 0.1) is 28.4 Å². The first-order valence-electron chi connectivity index (χ1n) is 10.1. The van der Waals surface area contributed by atoms with Gasteiger partial charge in [-0.25, -0.2) is 0 Å². The van der Waals surface area contributed by atoms with E-state index in [4.69, 9.17) is 26.5 Å². The number of furan rings is 1. The Kier molecular flexibility index (Phi) is 5.07. The van der Waals surface area contributed by atoms with Crippen LogP contribution in [0.2, 0.25) is 5.02 Å². The van der Waals surface area contributed by atoms with E-state index in [0.717, 1.165) is 5.56 Å². The van der Waals surface area contributed by atoms with Gasteiger partial charge in [0.2, 0.25) is 11.8 Å². The molecule has 0 spiro atoms. The second-order valence-corrected chi connectivity index (χ2v) is 8.14. The molecule has 0 saturated heterocycles. The zero-order valence-corrected chi connectivity index (χ0v) is 18.5. The number of aromatic nitrogens is 2.